The number of nitrogens with one attached hydrogen (secondary N) is 1. The van der Waals surface area contributed by atoms with Gasteiger partial charge in [-0.25, -0.2) is 4.39 Å². The van der Waals surface area contributed by atoms with Crippen molar-refractivity contribution >= 4 is 11.6 Å². The largest absolute Gasteiger partial charge is 0.322 e. The second-order valence-corrected chi connectivity index (χ2v) is 10.4. The lowest BCUT2D eigenvalue weighted by molar-refractivity contribution is -0.0281. The Morgan fingerprint density at radius 1 is 0.750 bits per heavy atom. The van der Waals surface area contributed by atoms with Crippen LogP contribution in [0, 0.1) is 17.7 Å². The first-order valence-corrected chi connectivity index (χ1v) is 11.8. The van der Waals surface area contributed by atoms with E-state index in [1.807, 2.05) is 12.1 Å². The molecule has 4 aliphatic carbocycles. The molecule has 4 bridgehead atoms. The lowest BCUT2D eigenvalue weighted by atomic mass is 9.42. The normalized spacial score (nSPS) is 30.3. The zero-order chi connectivity index (χ0) is 21.8. The molecule has 7 rings (SSSR count). The first kappa shape index (κ1) is 19.7. The van der Waals surface area contributed by atoms with Gasteiger partial charge in [0.2, 0.25) is 0 Å². The smallest absolute Gasteiger partial charge is 0.255 e. The zero-order valence-corrected chi connectivity index (χ0v) is 18.2. The minimum Gasteiger partial charge on any atom is -0.322 e. The van der Waals surface area contributed by atoms with Crippen LogP contribution in [-0.2, 0) is 10.8 Å². The van der Waals surface area contributed by atoms with Crippen molar-refractivity contribution in [3.63, 3.8) is 0 Å². The maximum Gasteiger partial charge on any atom is 0.255 e. The van der Waals surface area contributed by atoms with Crippen molar-refractivity contribution in [2.45, 2.75) is 49.4 Å². The molecule has 2 nitrogen and oxygen atoms in total. The van der Waals surface area contributed by atoms with E-state index in [-0.39, 0.29) is 17.1 Å². The molecule has 2 atom stereocenters. The first-order chi connectivity index (χ1) is 15.5. The number of hydrogen-bond acceptors (Lipinski definition) is 1. The van der Waals surface area contributed by atoms with E-state index in [9.17, 15) is 9.18 Å². The maximum absolute atomic E-state index is 13.1. The van der Waals surface area contributed by atoms with Crippen LogP contribution in [0.3, 0.4) is 0 Å². The molecule has 0 radical (unpaired) electrons. The standard InChI is InChI=1S/C29H28FNO/c30-25-10-6-22(7-11-25)27(32)31-26-12-8-24(9-13-26)29-17-20-14-21(18-29)16-28(15-20,19-29)23-4-2-1-3-5-23/h1-13,20-21H,14-19H2,(H,31,32)/t20-,21-,28?,29?/m0/s1. The van der Waals surface area contributed by atoms with E-state index in [0.29, 0.717) is 11.0 Å². The Hall–Kier alpha value is -2.94. The molecule has 1 amide bonds. The SMILES string of the molecule is O=C(Nc1ccc(C23C[C@H]4C[C@@H](CC(c5ccccc5)(C4)C2)C3)cc1)c1ccc(F)cc1. The third-order valence-corrected chi connectivity index (χ3v) is 8.31. The summed E-state index contributed by atoms with van der Waals surface area (Å²) in [5.74, 6) is 1.08. The van der Waals surface area contributed by atoms with Gasteiger partial charge in [0.05, 0.1) is 0 Å². The van der Waals surface area contributed by atoms with Crippen LogP contribution in [0.25, 0.3) is 0 Å². The molecule has 0 aliphatic heterocycles. The highest BCUT2D eigenvalue weighted by atomic mass is 19.1. The number of carbonyl (C=O) groups is 1. The van der Waals surface area contributed by atoms with Crippen LogP contribution in [0.15, 0.2) is 78.9 Å². The average molecular weight is 426 g/mol. The molecule has 1 N–H and O–H groups in total. The van der Waals surface area contributed by atoms with E-state index < -0.39 is 0 Å². The summed E-state index contributed by atoms with van der Waals surface area (Å²) in [6.07, 6.45) is 7.88. The Morgan fingerprint density at radius 3 is 1.91 bits per heavy atom. The molecule has 4 fully saturated rings. The highest BCUT2D eigenvalue weighted by molar-refractivity contribution is 6.04. The van der Waals surface area contributed by atoms with E-state index in [1.54, 1.807) is 0 Å². The molecular formula is C29H28FNO. The fraction of sp³-hybridized carbons (Fsp3) is 0.345. The van der Waals surface area contributed by atoms with Crippen LogP contribution in [0.1, 0.15) is 60.0 Å². The summed E-state index contributed by atoms with van der Waals surface area (Å²) in [7, 11) is 0. The topological polar surface area (TPSA) is 29.1 Å². The van der Waals surface area contributed by atoms with Crippen molar-refractivity contribution in [3.05, 3.63) is 101 Å². The van der Waals surface area contributed by atoms with Crippen LogP contribution in [0.4, 0.5) is 10.1 Å². The molecule has 0 saturated heterocycles. The molecule has 4 aliphatic rings. The number of carbonyl (C=O) groups excluding carboxylic acids is 1. The van der Waals surface area contributed by atoms with Crippen molar-refractivity contribution in [2.75, 3.05) is 5.32 Å². The third kappa shape index (κ3) is 3.26. The third-order valence-electron chi connectivity index (χ3n) is 8.31. The van der Waals surface area contributed by atoms with Crippen LogP contribution in [0.2, 0.25) is 0 Å². The summed E-state index contributed by atoms with van der Waals surface area (Å²) in [4.78, 5) is 12.5. The molecule has 3 heteroatoms. The minimum atomic E-state index is -0.338. The molecule has 0 unspecified atom stereocenters. The van der Waals surface area contributed by atoms with Crippen molar-refractivity contribution in [1.82, 2.24) is 0 Å². The van der Waals surface area contributed by atoms with E-state index in [1.165, 1.54) is 73.9 Å². The monoisotopic (exact) mass is 425 g/mol. The predicted octanol–water partition coefficient (Wildman–Crippen LogP) is 6.87. The van der Waals surface area contributed by atoms with E-state index in [2.05, 4.69) is 47.8 Å². The fourth-order valence-electron chi connectivity index (χ4n) is 7.44. The number of rotatable bonds is 4. The lowest BCUT2D eigenvalue weighted by Gasteiger charge is -2.62. The quantitative estimate of drug-likeness (QED) is 0.486. The van der Waals surface area contributed by atoms with E-state index in [4.69, 9.17) is 0 Å². The van der Waals surface area contributed by atoms with Crippen molar-refractivity contribution in [3.8, 4) is 0 Å². The average Bonchev–Trinajstić information content (AvgIpc) is 2.80. The number of anilines is 1. The van der Waals surface area contributed by atoms with Crippen LogP contribution in [0.5, 0.6) is 0 Å². The summed E-state index contributed by atoms with van der Waals surface area (Å²) < 4.78 is 13.1. The minimum absolute atomic E-state index is 0.212. The molecule has 32 heavy (non-hydrogen) atoms. The second-order valence-electron chi connectivity index (χ2n) is 10.4. The predicted molar refractivity (Wildman–Crippen MR) is 125 cm³/mol. The van der Waals surface area contributed by atoms with Gasteiger partial charge in [-0.1, -0.05) is 42.5 Å². The highest BCUT2D eigenvalue weighted by Crippen LogP contribution is 2.66. The Kier molecular flexibility index (Phi) is 4.50. The summed E-state index contributed by atoms with van der Waals surface area (Å²) in [6, 6.07) is 25.4. The van der Waals surface area contributed by atoms with Crippen molar-refractivity contribution in [1.29, 1.82) is 0 Å². The van der Waals surface area contributed by atoms with Gasteiger partial charge >= 0.3 is 0 Å². The molecule has 0 aromatic heterocycles. The Balaban J connectivity index is 1.26. The van der Waals surface area contributed by atoms with Gasteiger partial charge in [0.25, 0.3) is 5.91 Å². The zero-order valence-electron chi connectivity index (χ0n) is 18.2. The van der Waals surface area contributed by atoms with Gasteiger partial charge in [-0.2, -0.15) is 0 Å². The Bertz CT molecular complexity index is 1120. The molecule has 0 spiro atoms. The molecular weight excluding hydrogens is 397 g/mol. The molecule has 0 heterocycles. The van der Waals surface area contributed by atoms with Gasteiger partial charge < -0.3 is 5.32 Å². The van der Waals surface area contributed by atoms with Crippen molar-refractivity contribution in [2.24, 2.45) is 11.8 Å². The molecule has 3 aromatic rings. The van der Waals surface area contributed by atoms with E-state index in [0.717, 1.165) is 17.5 Å². The summed E-state index contributed by atoms with van der Waals surface area (Å²) in [5.41, 5.74) is 4.76. The molecule has 162 valence electrons. The highest BCUT2D eigenvalue weighted by Gasteiger charge is 2.58. The summed E-state index contributed by atoms with van der Waals surface area (Å²) in [5, 5.41) is 2.95. The number of hydrogen-bond donors (Lipinski definition) is 1. The number of amides is 1. The lowest BCUT2D eigenvalue weighted by Crippen LogP contribution is -2.55. The second kappa shape index (κ2) is 7.30. The first-order valence-electron chi connectivity index (χ1n) is 11.8. The maximum atomic E-state index is 13.1. The van der Waals surface area contributed by atoms with Gasteiger partial charge in [-0.15, -0.1) is 0 Å². The van der Waals surface area contributed by atoms with Gasteiger partial charge in [0.1, 0.15) is 5.82 Å². The fourth-order valence-corrected chi connectivity index (χ4v) is 7.44. The Morgan fingerprint density at radius 2 is 1.31 bits per heavy atom. The Labute approximate surface area is 188 Å². The van der Waals surface area contributed by atoms with E-state index >= 15 is 0 Å². The van der Waals surface area contributed by atoms with Crippen LogP contribution >= 0.6 is 0 Å². The number of benzene rings is 3. The molecule has 4 saturated carbocycles. The van der Waals surface area contributed by atoms with Gasteiger partial charge in [-0.05, 0) is 109 Å². The number of halogens is 1. The summed E-state index contributed by atoms with van der Waals surface area (Å²) in [6.45, 7) is 0. The van der Waals surface area contributed by atoms with Crippen LogP contribution < -0.4 is 5.32 Å². The van der Waals surface area contributed by atoms with Gasteiger partial charge in [0.15, 0.2) is 0 Å². The summed E-state index contributed by atoms with van der Waals surface area (Å²) >= 11 is 0. The van der Waals surface area contributed by atoms with Crippen LogP contribution in [-0.4, -0.2) is 5.91 Å². The van der Waals surface area contributed by atoms with Gasteiger partial charge in [0, 0.05) is 11.3 Å². The van der Waals surface area contributed by atoms with Gasteiger partial charge in [-0.3, -0.25) is 4.79 Å². The van der Waals surface area contributed by atoms with Crippen molar-refractivity contribution < 1.29 is 9.18 Å². The molecule has 3 aromatic carbocycles.